The molecule has 0 spiro atoms. The van der Waals surface area contributed by atoms with Crippen molar-refractivity contribution < 1.29 is 29.0 Å². The van der Waals surface area contributed by atoms with Crippen LogP contribution >= 0.6 is 15.9 Å². The predicted octanol–water partition coefficient (Wildman–Crippen LogP) is 7.45. The van der Waals surface area contributed by atoms with Crippen LogP contribution in [0.2, 0.25) is 0 Å². The summed E-state index contributed by atoms with van der Waals surface area (Å²) < 4.78 is 12.2. The molecule has 0 radical (unpaired) electrons. The van der Waals surface area contributed by atoms with Crippen LogP contribution in [0.5, 0.6) is 5.75 Å². The van der Waals surface area contributed by atoms with Crippen molar-refractivity contribution in [2.45, 2.75) is 72.3 Å². The van der Waals surface area contributed by atoms with Crippen LogP contribution in [-0.2, 0) is 20.9 Å². The molecule has 0 saturated heterocycles. The van der Waals surface area contributed by atoms with E-state index in [1.165, 1.54) is 0 Å². The van der Waals surface area contributed by atoms with E-state index >= 15 is 0 Å². The molecule has 0 bridgehead atoms. The summed E-state index contributed by atoms with van der Waals surface area (Å²) in [6.07, 6.45) is 3.23. The second-order valence-electron chi connectivity index (χ2n) is 13.5. The minimum absolute atomic E-state index is 0.110. The lowest BCUT2D eigenvalue weighted by Crippen LogP contribution is -2.44. The van der Waals surface area contributed by atoms with Crippen molar-refractivity contribution >= 4 is 33.5 Å². The predicted molar refractivity (Wildman–Crippen MR) is 168 cm³/mol. The maximum absolute atomic E-state index is 14.0. The van der Waals surface area contributed by atoms with Crippen LogP contribution in [0.25, 0.3) is 0 Å². The molecule has 7 nitrogen and oxygen atoms in total. The quantitative estimate of drug-likeness (QED) is 0.282. The third-order valence-electron chi connectivity index (χ3n) is 8.64. The van der Waals surface area contributed by atoms with Crippen LogP contribution < -0.4 is 4.74 Å². The average Bonchev–Trinajstić information content (AvgIpc) is 2.91. The Hall–Kier alpha value is -3.23. The molecule has 0 aromatic heterocycles. The summed E-state index contributed by atoms with van der Waals surface area (Å²) in [7, 11) is 1.70. The first-order chi connectivity index (χ1) is 20.3. The second kappa shape index (κ2) is 12.0. The molecular formula is C35H40BrNO6. The second-order valence-corrected chi connectivity index (χ2v) is 14.4. The van der Waals surface area contributed by atoms with Crippen LogP contribution in [0.4, 0.5) is 0 Å². The molecule has 2 aromatic rings. The van der Waals surface area contributed by atoms with E-state index in [0.717, 1.165) is 57.4 Å². The van der Waals surface area contributed by atoms with Gasteiger partial charge in [-0.15, -0.1) is 0 Å². The van der Waals surface area contributed by atoms with Crippen molar-refractivity contribution in [3.63, 3.8) is 0 Å². The van der Waals surface area contributed by atoms with Gasteiger partial charge in [-0.1, -0.05) is 45.9 Å². The molecule has 1 N–H and O–H groups in total. The Morgan fingerprint density at radius 1 is 0.930 bits per heavy atom. The van der Waals surface area contributed by atoms with E-state index in [1.54, 1.807) is 31.4 Å². The van der Waals surface area contributed by atoms with Crippen LogP contribution in [0.3, 0.4) is 0 Å². The number of aromatic carboxylic acids is 1. The Morgan fingerprint density at radius 2 is 1.51 bits per heavy atom. The number of ether oxygens (including phenoxy) is 2. The lowest BCUT2D eigenvalue weighted by Gasteiger charge is -2.49. The number of carboxylic acid groups (broad SMARTS) is 1. The van der Waals surface area contributed by atoms with Crippen LogP contribution in [0.15, 0.2) is 69.5 Å². The number of carboxylic acids is 1. The van der Waals surface area contributed by atoms with Gasteiger partial charge in [-0.3, -0.25) is 9.59 Å². The molecule has 5 rings (SSSR count). The minimum Gasteiger partial charge on any atom is -0.488 e. The normalized spacial score (nSPS) is 19.8. The van der Waals surface area contributed by atoms with Crippen molar-refractivity contribution in [2.24, 2.45) is 10.8 Å². The summed E-state index contributed by atoms with van der Waals surface area (Å²) in [6.45, 7) is 10.2. The standard InChI is InChI=1S/C35H40BrNO6/c1-34(2)16-25-31(27(38)18-34)30(32-26(37(25)13-6-14-42-5)17-35(3,4)19-28(32)39)23-11-12-29(24(36)15-23)43-20-21-7-9-22(10-8-21)33(40)41/h7-12,15,30H,6,13-14,16-20H2,1-5H3,(H,40,41). The number of carbonyl (C=O) groups is 3. The van der Waals surface area contributed by atoms with E-state index < -0.39 is 11.9 Å². The highest BCUT2D eigenvalue weighted by Gasteiger charge is 2.48. The third kappa shape index (κ3) is 6.50. The summed E-state index contributed by atoms with van der Waals surface area (Å²) >= 11 is 3.69. The Labute approximate surface area is 262 Å². The van der Waals surface area contributed by atoms with Gasteiger partial charge < -0.3 is 19.5 Å². The van der Waals surface area contributed by atoms with Gasteiger partial charge in [-0.2, -0.15) is 0 Å². The number of Topliss-reactive ketones (excluding diaryl/α,β-unsaturated/α-hetero) is 2. The molecule has 43 heavy (non-hydrogen) atoms. The van der Waals surface area contributed by atoms with E-state index in [9.17, 15) is 14.4 Å². The van der Waals surface area contributed by atoms with Gasteiger partial charge in [0.15, 0.2) is 11.6 Å². The average molecular weight is 651 g/mol. The first kappa shape index (κ1) is 31.2. The molecule has 0 amide bonds. The van der Waals surface area contributed by atoms with Gasteiger partial charge in [0.25, 0.3) is 0 Å². The van der Waals surface area contributed by atoms with Crippen molar-refractivity contribution in [1.82, 2.24) is 4.90 Å². The van der Waals surface area contributed by atoms with Gasteiger partial charge in [-0.25, -0.2) is 4.79 Å². The first-order valence-corrected chi connectivity index (χ1v) is 15.6. The number of carbonyl (C=O) groups excluding carboxylic acids is 2. The molecule has 2 aromatic carbocycles. The Kier molecular flexibility index (Phi) is 8.74. The maximum Gasteiger partial charge on any atom is 0.335 e. The van der Waals surface area contributed by atoms with E-state index in [0.29, 0.717) is 31.7 Å². The number of hydrogen-bond donors (Lipinski definition) is 1. The van der Waals surface area contributed by atoms with Crippen molar-refractivity contribution in [3.05, 3.63) is 86.2 Å². The molecular weight excluding hydrogens is 610 g/mol. The molecule has 1 aliphatic heterocycles. The first-order valence-electron chi connectivity index (χ1n) is 14.8. The molecule has 228 valence electrons. The molecule has 0 saturated carbocycles. The van der Waals surface area contributed by atoms with Crippen molar-refractivity contribution in [3.8, 4) is 5.75 Å². The van der Waals surface area contributed by atoms with E-state index in [1.807, 2.05) is 18.2 Å². The van der Waals surface area contributed by atoms with Gasteiger partial charge in [-0.05, 0) is 81.4 Å². The van der Waals surface area contributed by atoms with E-state index in [-0.39, 0.29) is 34.6 Å². The molecule has 0 unspecified atom stereocenters. The highest BCUT2D eigenvalue weighted by Crippen LogP contribution is 2.54. The number of halogens is 1. The smallest absolute Gasteiger partial charge is 0.335 e. The Morgan fingerprint density at radius 3 is 2.02 bits per heavy atom. The van der Waals surface area contributed by atoms with E-state index in [2.05, 4.69) is 48.5 Å². The summed E-state index contributed by atoms with van der Waals surface area (Å²) in [6, 6.07) is 12.4. The monoisotopic (exact) mass is 649 g/mol. The fraction of sp³-hybridized carbons (Fsp3) is 0.457. The topological polar surface area (TPSA) is 93.1 Å². The van der Waals surface area contributed by atoms with Gasteiger partial charge >= 0.3 is 5.97 Å². The lowest BCUT2D eigenvalue weighted by atomic mass is 9.63. The largest absolute Gasteiger partial charge is 0.488 e. The number of hydrogen-bond acceptors (Lipinski definition) is 6. The summed E-state index contributed by atoms with van der Waals surface area (Å²) in [5.74, 6) is -0.552. The number of ketones is 2. The summed E-state index contributed by atoms with van der Waals surface area (Å²) in [5.41, 5.74) is 5.22. The van der Waals surface area contributed by atoms with Gasteiger partial charge in [0.2, 0.25) is 0 Å². The van der Waals surface area contributed by atoms with Gasteiger partial charge in [0.1, 0.15) is 12.4 Å². The molecule has 2 aliphatic carbocycles. The molecule has 0 atom stereocenters. The van der Waals surface area contributed by atoms with E-state index in [4.69, 9.17) is 14.6 Å². The number of nitrogens with zero attached hydrogens (tertiary/aromatic N) is 1. The molecule has 1 heterocycles. The van der Waals surface area contributed by atoms with Crippen LogP contribution in [-0.4, -0.2) is 47.8 Å². The number of benzene rings is 2. The fourth-order valence-electron chi connectivity index (χ4n) is 6.74. The zero-order chi connectivity index (χ0) is 31.1. The lowest BCUT2D eigenvalue weighted by molar-refractivity contribution is -0.119. The van der Waals surface area contributed by atoms with Crippen molar-refractivity contribution in [1.29, 1.82) is 0 Å². The number of allylic oxidation sites excluding steroid dienone is 4. The third-order valence-corrected chi connectivity index (χ3v) is 9.26. The summed E-state index contributed by atoms with van der Waals surface area (Å²) in [5, 5.41) is 9.15. The molecule has 8 heteroatoms. The molecule has 3 aliphatic rings. The van der Waals surface area contributed by atoms with Gasteiger partial charge in [0.05, 0.1) is 10.0 Å². The minimum atomic E-state index is -0.969. The zero-order valence-electron chi connectivity index (χ0n) is 25.6. The number of methoxy groups -OCH3 is 1. The maximum atomic E-state index is 14.0. The summed E-state index contributed by atoms with van der Waals surface area (Å²) in [4.78, 5) is 41.4. The Balaban J connectivity index is 1.54. The van der Waals surface area contributed by atoms with Crippen molar-refractivity contribution in [2.75, 3.05) is 20.3 Å². The highest BCUT2D eigenvalue weighted by atomic mass is 79.9. The molecule has 0 fully saturated rings. The Bertz CT molecular complexity index is 1460. The van der Waals surface area contributed by atoms with Crippen LogP contribution in [0, 0.1) is 10.8 Å². The number of rotatable bonds is 9. The zero-order valence-corrected chi connectivity index (χ0v) is 27.2. The highest BCUT2D eigenvalue weighted by molar-refractivity contribution is 9.10. The fourth-order valence-corrected chi connectivity index (χ4v) is 7.25. The van der Waals surface area contributed by atoms with Crippen LogP contribution in [0.1, 0.15) is 87.2 Å². The van der Waals surface area contributed by atoms with Gasteiger partial charge in [0, 0.05) is 61.6 Å². The SMILES string of the molecule is COCCCN1C2=C(C(=O)CC(C)(C)C2)C(c2ccc(OCc3ccc(C(=O)O)cc3)c(Br)c2)C2=C1CC(C)(C)CC2=O.